The second kappa shape index (κ2) is 6.20. The molecule has 3 heteroatoms. The summed E-state index contributed by atoms with van der Waals surface area (Å²) in [7, 11) is 0. The Balaban J connectivity index is 1.98. The number of carbonyl (C=O) groups is 1. The van der Waals surface area contributed by atoms with Crippen LogP contribution in [0.15, 0.2) is 24.3 Å². The minimum atomic E-state index is -0.0673. The van der Waals surface area contributed by atoms with Crippen LogP contribution in [0.2, 0.25) is 0 Å². The molecule has 1 atom stereocenters. The van der Waals surface area contributed by atoms with Crippen LogP contribution in [0, 0.1) is 5.92 Å². The Morgan fingerprint density at radius 1 is 1.32 bits per heavy atom. The third kappa shape index (κ3) is 3.35. The molecule has 0 amide bonds. The van der Waals surface area contributed by atoms with Gasteiger partial charge in [0.2, 0.25) is 0 Å². The number of Topliss-reactive ketones (excluding diaryl/α,β-unsaturated/α-hetero) is 1. The van der Waals surface area contributed by atoms with Gasteiger partial charge < -0.3 is 5.11 Å². The molecule has 1 saturated heterocycles. The average molecular weight is 261 g/mol. The van der Waals surface area contributed by atoms with Crippen molar-refractivity contribution in [1.82, 2.24) is 4.90 Å². The molecule has 1 fully saturated rings. The monoisotopic (exact) mass is 261 g/mol. The zero-order chi connectivity index (χ0) is 13.8. The predicted molar refractivity (Wildman–Crippen MR) is 76.5 cm³/mol. The van der Waals surface area contributed by atoms with E-state index in [-0.39, 0.29) is 17.6 Å². The van der Waals surface area contributed by atoms with Crippen molar-refractivity contribution < 1.29 is 9.90 Å². The first-order valence-electron chi connectivity index (χ1n) is 7.19. The first kappa shape index (κ1) is 14.1. The molecular weight excluding hydrogens is 238 g/mol. The van der Waals surface area contributed by atoms with Gasteiger partial charge in [0.25, 0.3) is 0 Å². The van der Waals surface area contributed by atoms with Crippen LogP contribution in [0.1, 0.15) is 43.5 Å². The first-order chi connectivity index (χ1) is 9.11. The van der Waals surface area contributed by atoms with Gasteiger partial charge in [0, 0.05) is 5.56 Å². The molecule has 0 radical (unpaired) electrons. The molecule has 1 aromatic rings. The lowest BCUT2D eigenvalue weighted by Crippen LogP contribution is -2.43. The Kier molecular flexibility index (Phi) is 4.59. The van der Waals surface area contributed by atoms with Crippen LogP contribution in [0.3, 0.4) is 0 Å². The maximum Gasteiger partial charge on any atom is 0.179 e. The smallest absolute Gasteiger partial charge is 0.179 e. The van der Waals surface area contributed by atoms with Gasteiger partial charge in [-0.1, -0.05) is 13.3 Å². The van der Waals surface area contributed by atoms with E-state index in [1.165, 1.54) is 19.3 Å². The number of ketones is 1. The van der Waals surface area contributed by atoms with Crippen molar-refractivity contribution in [3.8, 4) is 5.75 Å². The van der Waals surface area contributed by atoms with Crippen molar-refractivity contribution in [2.75, 3.05) is 13.1 Å². The quantitative estimate of drug-likeness (QED) is 0.847. The molecule has 1 aliphatic rings. The van der Waals surface area contributed by atoms with Crippen molar-refractivity contribution in [1.29, 1.82) is 0 Å². The number of phenolic OH excluding ortho intramolecular Hbond substituents is 1. The highest BCUT2D eigenvalue weighted by Crippen LogP contribution is 2.23. The van der Waals surface area contributed by atoms with Gasteiger partial charge in [0.1, 0.15) is 5.75 Å². The Hall–Kier alpha value is -1.35. The number of piperidine rings is 1. The lowest BCUT2D eigenvalue weighted by molar-refractivity contribution is 0.0769. The number of rotatable bonds is 4. The summed E-state index contributed by atoms with van der Waals surface area (Å²) in [4.78, 5) is 14.7. The summed E-state index contributed by atoms with van der Waals surface area (Å²) < 4.78 is 0. The highest BCUT2D eigenvalue weighted by Gasteiger charge is 2.26. The number of benzene rings is 1. The molecule has 0 spiro atoms. The zero-order valence-electron chi connectivity index (χ0n) is 11.8. The van der Waals surface area contributed by atoms with Gasteiger partial charge in [0.15, 0.2) is 5.78 Å². The minimum absolute atomic E-state index is 0.0673. The third-order valence-corrected chi connectivity index (χ3v) is 4.31. The van der Waals surface area contributed by atoms with Crippen LogP contribution in [0.4, 0.5) is 0 Å². The summed E-state index contributed by atoms with van der Waals surface area (Å²) in [5.41, 5.74) is 0.683. The maximum atomic E-state index is 12.4. The molecule has 1 aromatic carbocycles. The number of nitrogens with zero attached hydrogens (tertiary/aromatic N) is 1. The van der Waals surface area contributed by atoms with Gasteiger partial charge in [-0.05, 0) is 63.0 Å². The van der Waals surface area contributed by atoms with E-state index in [0.29, 0.717) is 5.56 Å². The largest absolute Gasteiger partial charge is 0.508 e. The molecule has 19 heavy (non-hydrogen) atoms. The van der Waals surface area contributed by atoms with E-state index < -0.39 is 0 Å². The average Bonchev–Trinajstić information content (AvgIpc) is 2.46. The normalized spacial score (nSPS) is 19.3. The van der Waals surface area contributed by atoms with Crippen LogP contribution in [-0.4, -0.2) is 34.9 Å². The number of likely N-dealkylation sites (tertiary alicyclic amines) is 1. The van der Waals surface area contributed by atoms with Gasteiger partial charge in [0.05, 0.1) is 6.04 Å². The molecular formula is C16H23NO2. The SMILES string of the molecule is CCC1CCN([C@H](C)C(=O)c2ccc(O)cc2)CC1. The summed E-state index contributed by atoms with van der Waals surface area (Å²) >= 11 is 0. The topological polar surface area (TPSA) is 40.5 Å². The van der Waals surface area contributed by atoms with Crippen LogP contribution >= 0.6 is 0 Å². The van der Waals surface area contributed by atoms with E-state index in [9.17, 15) is 9.90 Å². The second-order valence-corrected chi connectivity index (χ2v) is 5.47. The molecule has 1 aliphatic heterocycles. The molecule has 104 valence electrons. The summed E-state index contributed by atoms with van der Waals surface area (Å²) in [6.45, 7) is 6.26. The number of hydrogen-bond acceptors (Lipinski definition) is 3. The van der Waals surface area contributed by atoms with Crippen molar-refractivity contribution in [2.45, 2.75) is 39.2 Å². The molecule has 1 N–H and O–H groups in total. The molecule has 0 aliphatic carbocycles. The molecule has 1 heterocycles. The summed E-state index contributed by atoms with van der Waals surface area (Å²) in [5, 5.41) is 9.26. The van der Waals surface area contributed by atoms with Crippen molar-refractivity contribution in [3.05, 3.63) is 29.8 Å². The van der Waals surface area contributed by atoms with Gasteiger partial charge in [-0.3, -0.25) is 9.69 Å². The fourth-order valence-corrected chi connectivity index (χ4v) is 2.78. The predicted octanol–water partition coefficient (Wildman–Crippen LogP) is 3.09. The molecule has 0 unspecified atom stereocenters. The van der Waals surface area contributed by atoms with Crippen molar-refractivity contribution in [2.24, 2.45) is 5.92 Å². The second-order valence-electron chi connectivity index (χ2n) is 5.47. The van der Waals surface area contributed by atoms with Crippen LogP contribution in [0.25, 0.3) is 0 Å². The number of hydrogen-bond donors (Lipinski definition) is 1. The fraction of sp³-hybridized carbons (Fsp3) is 0.562. The Labute approximate surface area is 115 Å². The van der Waals surface area contributed by atoms with E-state index in [1.54, 1.807) is 24.3 Å². The van der Waals surface area contributed by atoms with Crippen LogP contribution in [0.5, 0.6) is 5.75 Å². The molecule has 2 rings (SSSR count). The maximum absolute atomic E-state index is 12.4. The lowest BCUT2D eigenvalue weighted by atomic mass is 9.92. The number of aromatic hydroxyl groups is 1. The van der Waals surface area contributed by atoms with E-state index in [1.807, 2.05) is 6.92 Å². The van der Waals surface area contributed by atoms with Crippen LogP contribution in [-0.2, 0) is 0 Å². The summed E-state index contributed by atoms with van der Waals surface area (Å²) in [5.74, 6) is 1.18. The molecule has 0 saturated carbocycles. The van der Waals surface area contributed by atoms with Gasteiger partial charge in [-0.15, -0.1) is 0 Å². The Morgan fingerprint density at radius 2 is 1.89 bits per heavy atom. The Morgan fingerprint density at radius 3 is 2.42 bits per heavy atom. The molecule has 0 bridgehead atoms. The highest BCUT2D eigenvalue weighted by atomic mass is 16.3. The zero-order valence-corrected chi connectivity index (χ0v) is 11.8. The number of carbonyl (C=O) groups excluding carboxylic acids is 1. The number of phenols is 1. The van der Waals surface area contributed by atoms with Crippen molar-refractivity contribution >= 4 is 5.78 Å². The minimum Gasteiger partial charge on any atom is -0.508 e. The van der Waals surface area contributed by atoms with Gasteiger partial charge in [-0.2, -0.15) is 0 Å². The highest BCUT2D eigenvalue weighted by molar-refractivity contribution is 5.99. The van der Waals surface area contributed by atoms with Crippen LogP contribution < -0.4 is 0 Å². The Bertz CT molecular complexity index is 419. The summed E-state index contributed by atoms with van der Waals surface area (Å²) in [6.07, 6.45) is 3.64. The van der Waals surface area contributed by atoms with E-state index >= 15 is 0 Å². The first-order valence-corrected chi connectivity index (χ1v) is 7.19. The summed E-state index contributed by atoms with van der Waals surface area (Å²) in [6, 6.07) is 6.48. The standard InChI is InChI=1S/C16H23NO2/c1-3-13-8-10-17(11-9-13)12(2)16(19)14-4-6-15(18)7-5-14/h4-7,12-13,18H,3,8-11H2,1-2H3/t12-/m1/s1. The van der Waals surface area contributed by atoms with E-state index in [2.05, 4.69) is 11.8 Å². The van der Waals surface area contributed by atoms with Gasteiger partial charge in [-0.25, -0.2) is 0 Å². The fourth-order valence-electron chi connectivity index (χ4n) is 2.78. The van der Waals surface area contributed by atoms with E-state index in [0.717, 1.165) is 19.0 Å². The molecule has 3 nitrogen and oxygen atoms in total. The van der Waals surface area contributed by atoms with Crippen molar-refractivity contribution in [3.63, 3.8) is 0 Å². The molecule has 0 aromatic heterocycles. The van der Waals surface area contributed by atoms with Gasteiger partial charge >= 0.3 is 0 Å². The van der Waals surface area contributed by atoms with E-state index in [4.69, 9.17) is 0 Å². The lowest BCUT2D eigenvalue weighted by Gasteiger charge is -2.35. The third-order valence-electron chi connectivity index (χ3n) is 4.31.